The van der Waals surface area contributed by atoms with E-state index in [1.807, 2.05) is 97.1 Å². The van der Waals surface area contributed by atoms with Crippen LogP contribution in [0.3, 0.4) is 0 Å². The lowest BCUT2D eigenvalue weighted by Gasteiger charge is -2.14. The fourth-order valence-electron chi connectivity index (χ4n) is 3.73. The van der Waals surface area contributed by atoms with E-state index >= 15 is 0 Å². The van der Waals surface area contributed by atoms with Crippen molar-refractivity contribution in [2.45, 2.75) is 6.10 Å². The van der Waals surface area contributed by atoms with Crippen molar-refractivity contribution in [2.75, 3.05) is 13.2 Å². The van der Waals surface area contributed by atoms with Crippen molar-refractivity contribution in [3.8, 4) is 22.9 Å². The van der Waals surface area contributed by atoms with Crippen LogP contribution in [-0.4, -0.2) is 54.4 Å². The second-order valence-electron chi connectivity index (χ2n) is 8.22. The van der Waals surface area contributed by atoms with Crippen molar-refractivity contribution in [2.24, 2.45) is 0 Å². The standard InChI is InChI=1S/C27H22N6O3/c34-21(17-35-22-13-9-19(10-14-22)32-28-24-5-1-2-6-25(24)29-32)18-36-23-15-11-20(12-16-23)33-30-26-7-3-4-8-27(26)31-33/h1-16,21,34H,17-18H2. The number of aliphatic hydroxyl groups excluding tert-OH is 1. The van der Waals surface area contributed by atoms with Crippen LogP contribution in [0.1, 0.15) is 0 Å². The van der Waals surface area contributed by atoms with E-state index in [9.17, 15) is 5.11 Å². The molecular formula is C27H22N6O3. The predicted octanol–water partition coefficient (Wildman–Crippen LogP) is 3.97. The van der Waals surface area contributed by atoms with Gasteiger partial charge in [0.25, 0.3) is 0 Å². The lowest BCUT2D eigenvalue weighted by Crippen LogP contribution is -2.25. The van der Waals surface area contributed by atoms with Crippen molar-refractivity contribution in [3.63, 3.8) is 0 Å². The summed E-state index contributed by atoms with van der Waals surface area (Å²) in [5.74, 6) is 1.27. The summed E-state index contributed by atoms with van der Waals surface area (Å²) < 4.78 is 11.4. The lowest BCUT2D eigenvalue weighted by atomic mass is 10.3. The lowest BCUT2D eigenvalue weighted by molar-refractivity contribution is 0.0626. The van der Waals surface area contributed by atoms with Crippen LogP contribution in [0.4, 0.5) is 0 Å². The molecule has 0 amide bonds. The highest BCUT2D eigenvalue weighted by Crippen LogP contribution is 2.18. The molecule has 9 heteroatoms. The van der Waals surface area contributed by atoms with Gasteiger partial charge in [-0.3, -0.25) is 0 Å². The van der Waals surface area contributed by atoms with E-state index in [-0.39, 0.29) is 13.2 Å². The second kappa shape index (κ2) is 9.47. The highest BCUT2D eigenvalue weighted by Gasteiger charge is 2.09. The number of aliphatic hydroxyl groups is 1. The summed E-state index contributed by atoms with van der Waals surface area (Å²) in [6, 6.07) is 30.2. The van der Waals surface area contributed by atoms with Gasteiger partial charge >= 0.3 is 0 Å². The van der Waals surface area contributed by atoms with Crippen LogP contribution in [-0.2, 0) is 0 Å². The van der Waals surface area contributed by atoms with E-state index < -0.39 is 6.10 Å². The average Bonchev–Trinajstić information content (AvgIpc) is 3.56. The fraction of sp³-hybridized carbons (Fsp3) is 0.111. The van der Waals surface area contributed by atoms with Gasteiger partial charge in [0.1, 0.15) is 52.9 Å². The van der Waals surface area contributed by atoms with Crippen LogP contribution in [0.2, 0.25) is 0 Å². The van der Waals surface area contributed by atoms with Crippen LogP contribution in [0, 0.1) is 0 Å². The van der Waals surface area contributed by atoms with Gasteiger partial charge in [0.2, 0.25) is 0 Å². The molecule has 1 N–H and O–H groups in total. The van der Waals surface area contributed by atoms with E-state index in [2.05, 4.69) is 20.4 Å². The maximum atomic E-state index is 10.3. The van der Waals surface area contributed by atoms with Crippen molar-refractivity contribution in [1.82, 2.24) is 30.0 Å². The number of ether oxygens (including phenoxy) is 2. The summed E-state index contributed by atoms with van der Waals surface area (Å²) >= 11 is 0. The molecule has 0 aliphatic heterocycles. The van der Waals surface area contributed by atoms with E-state index in [4.69, 9.17) is 9.47 Å². The molecule has 6 rings (SSSR count). The number of fused-ring (bicyclic) bond motifs is 2. The van der Waals surface area contributed by atoms with Crippen LogP contribution in [0.25, 0.3) is 33.4 Å². The molecular weight excluding hydrogens is 456 g/mol. The number of hydrogen-bond acceptors (Lipinski definition) is 7. The quantitative estimate of drug-likeness (QED) is 0.353. The summed E-state index contributed by atoms with van der Waals surface area (Å²) in [5, 5.41) is 28.2. The maximum absolute atomic E-state index is 10.3. The van der Waals surface area contributed by atoms with Crippen molar-refractivity contribution in [3.05, 3.63) is 97.1 Å². The van der Waals surface area contributed by atoms with Crippen LogP contribution >= 0.6 is 0 Å². The largest absolute Gasteiger partial charge is 0.491 e. The van der Waals surface area contributed by atoms with Gasteiger partial charge in [-0.25, -0.2) is 0 Å². The predicted molar refractivity (Wildman–Crippen MR) is 135 cm³/mol. The zero-order valence-electron chi connectivity index (χ0n) is 19.2. The Morgan fingerprint density at radius 2 is 0.861 bits per heavy atom. The molecule has 0 radical (unpaired) electrons. The Kier molecular flexibility index (Phi) is 5.72. The number of aromatic nitrogens is 6. The summed E-state index contributed by atoms with van der Waals surface area (Å²) in [5.41, 5.74) is 4.99. The summed E-state index contributed by atoms with van der Waals surface area (Å²) in [6.07, 6.45) is -0.791. The second-order valence-corrected chi connectivity index (χ2v) is 8.22. The van der Waals surface area contributed by atoms with Gasteiger partial charge < -0.3 is 14.6 Å². The highest BCUT2D eigenvalue weighted by molar-refractivity contribution is 5.74. The molecule has 0 aliphatic rings. The van der Waals surface area contributed by atoms with E-state index in [1.54, 1.807) is 9.59 Å². The first-order valence-electron chi connectivity index (χ1n) is 11.5. The van der Waals surface area contributed by atoms with Gasteiger partial charge in [0.05, 0.1) is 11.4 Å². The monoisotopic (exact) mass is 478 g/mol. The number of rotatable bonds is 8. The van der Waals surface area contributed by atoms with Gasteiger partial charge in [-0.15, -0.1) is 20.4 Å². The van der Waals surface area contributed by atoms with Crippen LogP contribution in [0.5, 0.6) is 11.5 Å². The van der Waals surface area contributed by atoms with Crippen molar-refractivity contribution >= 4 is 22.1 Å². The third kappa shape index (κ3) is 4.59. The summed E-state index contributed by atoms with van der Waals surface area (Å²) in [7, 11) is 0. The minimum Gasteiger partial charge on any atom is -0.491 e. The number of benzene rings is 4. The minimum atomic E-state index is -0.791. The topological polar surface area (TPSA) is 100 Å². The summed E-state index contributed by atoms with van der Waals surface area (Å²) in [6.45, 7) is 0.205. The van der Waals surface area contributed by atoms with E-state index in [0.717, 1.165) is 33.4 Å². The molecule has 36 heavy (non-hydrogen) atoms. The Balaban J connectivity index is 1.01. The smallest absolute Gasteiger partial charge is 0.122 e. The minimum absolute atomic E-state index is 0.102. The SMILES string of the molecule is OC(COc1ccc(-n2nc3ccccc3n2)cc1)COc1ccc(-n2nc3ccccc3n2)cc1. The third-order valence-electron chi connectivity index (χ3n) is 5.59. The third-order valence-corrected chi connectivity index (χ3v) is 5.59. The van der Waals surface area contributed by atoms with Gasteiger partial charge in [0, 0.05) is 0 Å². The molecule has 0 saturated heterocycles. The Bertz CT molecular complexity index is 1420. The Labute approximate surface area is 206 Å². The molecule has 2 aromatic heterocycles. The number of hydrogen-bond donors (Lipinski definition) is 1. The normalized spacial score (nSPS) is 11.4. The van der Waals surface area contributed by atoms with Gasteiger partial charge in [-0.1, -0.05) is 24.3 Å². The Morgan fingerprint density at radius 1 is 0.528 bits per heavy atom. The van der Waals surface area contributed by atoms with Crippen molar-refractivity contribution in [1.29, 1.82) is 0 Å². The summed E-state index contributed by atoms with van der Waals surface area (Å²) in [4.78, 5) is 3.18. The molecule has 9 nitrogen and oxygen atoms in total. The molecule has 2 heterocycles. The molecule has 178 valence electrons. The zero-order valence-corrected chi connectivity index (χ0v) is 19.2. The maximum Gasteiger partial charge on any atom is 0.122 e. The zero-order chi connectivity index (χ0) is 24.3. The van der Waals surface area contributed by atoms with Crippen LogP contribution < -0.4 is 9.47 Å². The molecule has 0 fully saturated rings. The highest BCUT2D eigenvalue weighted by atomic mass is 16.5. The Hall–Kier alpha value is -4.76. The van der Waals surface area contributed by atoms with Gasteiger partial charge in [-0.05, 0) is 72.8 Å². The fourth-order valence-corrected chi connectivity index (χ4v) is 3.73. The van der Waals surface area contributed by atoms with Gasteiger partial charge in [0.15, 0.2) is 0 Å². The number of nitrogens with zero attached hydrogens (tertiary/aromatic N) is 6. The molecule has 6 aromatic rings. The first kappa shape index (κ1) is 21.8. The molecule has 0 unspecified atom stereocenters. The molecule has 0 spiro atoms. The Morgan fingerprint density at radius 3 is 1.19 bits per heavy atom. The van der Waals surface area contributed by atoms with E-state index in [1.165, 1.54) is 0 Å². The molecule has 0 saturated carbocycles. The van der Waals surface area contributed by atoms with E-state index in [0.29, 0.717) is 11.5 Å². The van der Waals surface area contributed by atoms with Crippen LogP contribution in [0.15, 0.2) is 97.1 Å². The molecule has 0 atom stereocenters. The van der Waals surface area contributed by atoms with Gasteiger partial charge in [-0.2, -0.15) is 9.59 Å². The first-order valence-corrected chi connectivity index (χ1v) is 11.5. The molecule has 0 bridgehead atoms. The first-order chi connectivity index (χ1) is 17.7. The van der Waals surface area contributed by atoms with Crippen molar-refractivity contribution < 1.29 is 14.6 Å². The average molecular weight is 479 g/mol. The molecule has 4 aromatic carbocycles. The molecule has 0 aliphatic carbocycles.